The van der Waals surface area contributed by atoms with Crippen LogP contribution in [0.1, 0.15) is 33.1 Å². The summed E-state index contributed by atoms with van der Waals surface area (Å²) < 4.78 is 0. The summed E-state index contributed by atoms with van der Waals surface area (Å²) in [5.41, 5.74) is 0. The van der Waals surface area contributed by atoms with E-state index in [1.54, 1.807) is 0 Å². The molecule has 4 heteroatoms. The van der Waals surface area contributed by atoms with Crippen LogP contribution in [0.15, 0.2) is 0 Å². The normalized spacial score (nSPS) is 26.7. The second kappa shape index (κ2) is 4.44. The number of carbonyl (C=O) groups excluding carboxylic acids is 1. The first kappa shape index (κ1) is 11.0. The summed E-state index contributed by atoms with van der Waals surface area (Å²) in [4.78, 5) is 21.9. The van der Waals surface area contributed by atoms with Crippen molar-refractivity contribution in [3.05, 3.63) is 0 Å². The zero-order valence-electron chi connectivity index (χ0n) is 8.62. The van der Waals surface area contributed by atoms with E-state index >= 15 is 0 Å². The maximum absolute atomic E-state index is 11.4. The molecule has 0 aromatic heterocycles. The summed E-state index contributed by atoms with van der Waals surface area (Å²) in [5, 5.41) is 11.5. The van der Waals surface area contributed by atoms with Gasteiger partial charge in [-0.2, -0.15) is 0 Å². The van der Waals surface area contributed by atoms with Crippen molar-refractivity contribution in [3.63, 3.8) is 0 Å². The van der Waals surface area contributed by atoms with Gasteiger partial charge in [-0.05, 0) is 19.8 Å². The Bertz CT molecular complexity index is 240. The highest BCUT2D eigenvalue weighted by Crippen LogP contribution is 2.38. The second-order valence-corrected chi connectivity index (χ2v) is 3.99. The topological polar surface area (TPSA) is 66.4 Å². The van der Waals surface area contributed by atoms with Crippen molar-refractivity contribution < 1.29 is 14.7 Å². The van der Waals surface area contributed by atoms with Crippen molar-refractivity contribution in [2.24, 2.45) is 11.8 Å². The lowest BCUT2D eigenvalue weighted by Crippen LogP contribution is -2.34. The number of hydrogen-bond donors (Lipinski definition) is 2. The zero-order valence-corrected chi connectivity index (χ0v) is 8.62. The van der Waals surface area contributed by atoms with E-state index in [9.17, 15) is 9.59 Å². The summed E-state index contributed by atoms with van der Waals surface area (Å²) in [5.74, 6) is -1.68. The van der Waals surface area contributed by atoms with Crippen molar-refractivity contribution in [3.8, 4) is 0 Å². The number of carboxylic acid groups (broad SMARTS) is 1. The molecule has 2 N–H and O–H groups in total. The summed E-state index contributed by atoms with van der Waals surface area (Å²) in [6.45, 7) is 4.00. The molecule has 80 valence electrons. The molecular formula is C10H17NO3. The van der Waals surface area contributed by atoms with Crippen molar-refractivity contribution in [2.75, 3.05) is 0 Å². The predicted molar refractivity (Wildman–Crippen MR) is 51.7 cm³/mol. The van der Waals surface area contributed by atoms with Gasteiger partial charge in [0.05, 0.1) is 11.8 Å². The number of carbonyl (C=O) groups is 2. The quantitative estimate of drug-likeness (QED) is 0.694. The molecule has 1 amide bonds. The fraction of sp³-hybridized carbons (Fsp3) is 0.800. The third kappa shape index (κ3) is 2.72. The Labute approximate surface area is 83.7 Å². The van der Waals surface area contributed by atoms with Crippen molar-refractivity contribution >= 4 is 11.9 Å². The number of nitrogens with one attached hydrogen (secondary N) is 1. The molecular weight excluding hydrogens is 182 g/mol. The van der Waals surface area contributed by atoms with E-state index in [0.717, 1.165) is 12.8 Å². The fourth-order valence-corrected chi connectivity index (χ4v) is 1.61. The highest BCUT2D eigenvalue weighted by atomic mass is 16.4. The van der Waals surface area contributed by atoms with E-state index in [-0.39, 0.29) is 17.9 Å². The van der Waals surface area contributed by atoms with Crippen LogP contribution in [0.2, 0.25) is 0 Å². The Morgan fingerprint density at radius 1 is 1.50 bits per heavy atom. The first-order valence-electron chi connectivity index (χ1n) is 5.09. The van der Waals surface area contributed by atoms with Gasteiger partial charge in [0.25, 0.3) is 0 Å². The average Bonchev–Trinajstić information content (AvgIpc) is 2.82. The Morgan fingerprint density at radius 2 is 2.14 bits per heavy atom. The maximum atomic E-state index is 11.4. The molecule has 1 fully saturated rings. The largest absolute Gasteiger partial charge is 0.481 e. The first-order chi connectivity index (χ1) is 6.56. The molecule has 0 aliphatic heterocycles. The number of carboxylic acids is 1. The Kier molecular flexibility index (Phi) is 3.49. The van der Waals surface area contributed by atoms with Crippen LogP contribution in [0.4, 0.5) is 0 Å². The molecule has 0 spiro atoms. The molecule has 1 aliphatic carbocycles. The lowest BCUT2D eigenvalue weighted by Gasteiger charge is -2.11. The average molecular weight is 199 g/mol. The summed E-state index contributed by atoms with van der Waals surface area (Å²) in [6.07, 6.45) is 2.46. The molecule has 1 aliphatic rings. The standard InChI is InChI=1S/C10H17NO3/c1-3-4-6(2)11-9(12)7-5-8(7)10(13)14/h6-8H,3-5H2,1-2H3,(H,11,12)(H,13,14). The monoisotopic (exact) mass is 199 g/mol. The molecule has 0 bridgehead atoms. The molecule has 3 unspecified atom stereocenters. The van der Waals surface area contributed by atoms with Crippen molar-refractivity contribution in [2.45, 2.75) is 39.2 Å². The van der Waals surface area contributed by atoms with Crippen LogP contribution in [0, 0.1) is 11.8 Å². The van der Waals surface area contributed by atoms with Crippen LogP contribution in [0.5, 0.6) is 0 Å². The lowest BCUT2D eigenvalue weighted by molar-refractivity contribution is -0.140. The van der Waals surface area contributed by atoms with Crippen LogP contribution in [0.3, 0.4) is 0 Å². The Balaban J connectivity index is 2.27. The number of amides is 1. The van der Waals surface area contributed by atoms with Gasteiger partial charge < -0.3 is 10.4 Å². The van der Waals surface area contributed by atoms with E-state index in [4.69, 9.17) is 5.11 Å². The maximum Gasteiger partial charge on any atom is 0.307 e. The molecule has 0 heterocycles. The van der Waals surface area contributed by atoms with Gasteiger partial charge in [0.15, 0.2) is 0 Å². The smallest absolute Gasteiger partial charge is 0.307 e. The number of aliphatic carboxylic acids is 1. The Morgan fingerprint density at radius 3 is 2.57 bits per heavy atom. The molecule has 0 radical (unpaired) electrons. The zero-order chi connectivity index (χ0) is 10.7. The van der Waals surface area contributed by atoms with Gasteiger partial charge in [0.1, 0.15) is 0 Å². The number of rotatable bonds is 5. The van der Waals surface area contributed by atoms with E-state index in [2.05, 4.69) is 12.2 Å². The molecule has 1 saturated carbocycles. The van der Waals surface area contributed by atoms with Crippen LogP contribution >= 0.6 is 0 Å². The van der Waals surface area contributed by atoms with Gasteiger partial charge in [0, 0.05) is 6.04 Å². The van der Waals surface area contributed by atoms with Crippen LogP contribution in [0.25, 0.3) is 0 Å². The van der Waals surface area contributed by atoms with E-state index < -0.39 is 11.9 Å². The van der Waals surface area contributed by atoms with Gasteiger partial charge in [-0.1, -0.05) is 13.3 Å². The molecule has 1 rings (SSSR count). The SMILES string of the molecule is CCCC(C)NC(=O)C1CC1C(=O)O. The predicted octanol–water partition coefficient (Wildman–Crippen LogP) is 1.01. The van der Waals surface area contributed by atoms with Crippen LogP contribution in [-0.4, -0.2) is 23.0 Å². The van der Waals surface area contributed by atoms with Gasteiger partial charge >= 0.3 is 5.97 Å². The molecule has 3 atom stereocenters. The molecule has 0 aromatic carbocycles. The van der Waals surface area contributed by atoms with Gasteiger partial charge in [-0.25, -0.2) is 0 Å². The van der Waals surface area contributed by atoms with E-state index in [0.29, 0.717) is 6.42 Å². The second-order valence-electron chi connectivity index (χ2n) is 3.99. The molecule has 4 nitrogen and oxygen atoms in total. The highest BCUT2D eigenvalue weighted by Gasteiger charge is 2.48. The Hall–Kier alpha value is -1.06. The molecule has 0 aromatic rings. The third-order valence-corrected chi connectivity index (χ3v) is 2.55. The van der Waals surface area contributed by atoms with Crippen LogP contribution in [-0.2, 0) is 9.59 Å². The molecule has 0 saturated heterocycles. The van der Waals surface area contributed by atoms with Crippen LogP contribution < -0.4 is 5.32 Å². The summed E-state index contributed by atoms with van der Waals surface area (Å²) in [6, 6.07) is 0.155. The molecule has 14 heavy (non-hydrogen) atoms. The first-order valence-corrected chi connectivity index (χ1v) is 5.09. The minimum Gasteiger partial charge on any atom is -0.481 e. The van der Waals surface area contributed by atoms with Gasteiger partial charge in [-0.3, -0.25) is 9.59 Å². The fourth-order valence-electron chi connectivity index (χ4n) is 1.61. The van der Waals surface area contributed by atoms with E-state index in [1.165, 1.54) is 0 Å². The number of hydrogen-bond acceptors (Lipinski definition) is 2. The summed E-state index contributed by atoms with van der Waals surface area (Å²) >= 11 is 0. The minimum atomic E-state index is -0.853. The van der Waals surface area contributed by atoms with Crippen molar-refractivity contribution in [1.29, 1.82) is 0 Å². The lowest BCUT2D eigenvalue weighted by atomic mass is 10.2. The minimum absolute atomic E-state index is 0.0987. The van der Waals surface area contributed by atoms with Gasteiger partial charge in [0.2, 0.25) is 5.91 Å². The van der Waals surface area contributed by atoms with Gasteiger partial charge in [-0.15, -0.1) is 0 Å². The summed E-state index contributed by atoms with van der Waals surface area (Å²) in [7, 11) is 0. The van der Waals surface area contributed by atoms with E-state index in [1.807, 2.05) is 6.92 Å². The highest BCUT2D eigenvalue weighted by molar-refractivity contribution is 5.89. The third-order valence-electron chi connectivity index (χ3n) is 2.55. The van der Waals surface area contributed by atoms with Crippen molar-refractivity contribution in [1.82, 2.24) is 5.32 Å².